The third kappa shape index (κ3) is 4.99. The average Bonchev–Trinajstić information content (AvgIpc) is 3.13. The number of carbonyl (C=O) groups excluding carboxylic acids is 3. The van der Waals surface area contributed by atoms with Gasteiger partial charge in [0.25, 0.3) is 17.5 Å². The zero-order chi connectivity index (χ0) is 24.1. The lowest BCUT2D eigenvalue weighted by Crippen LogP contribution is -2.49. The number of methoxy groups -OCH3 is 3. The summed E-state index contributed by atoms with van der Waals surface area (Å²) < 4.78 is 15.5. The number of rotatable bonds is 9. The van der Waals surface area contributed by atoms with Crippen molar-refractivity contribution in [2.24, 2.45) is 0 Å². The van der Waals surface area contributed by atoms with Crippen LogP contribution in [0.1, 0.15) is 16.8 Å². The normalized spacial score (nSPS) is 15.8. The zero-order valence-corrected chi connectivity index (χ0v) is 18.3. The smallest absolute Gasteiger partial charge is 0.269 e. The molecule has 1 unspecified atom stereocenters. The van der Waals surface area contributed by atoms with Gasteiger partial charge in [0.15, 0.2) is 6.29 Å². The third-order valence-corrected chi connectivity index (χ3v) is 5.29. The topological polar surface area (TPSA) is 129 Å². The molecule has 33 heavy (non-hydrogen) atoms. The molecule has 0 aliphatic carbocycles. The molecule has 3 amide bonds. The van der Waals surface area contributed by atoms with Crippen molar-refractivity contribution in [2.75, 3.05) is 32.8 Å². The number of hydrogen-bond donors (Lipinski definition) is 0. The van der Waals surface area contributed by atoms with E-state index in [1.165, 1.54) is 50.5 Å². The lowest BCUT2D eigenvalue weighted by Gasteiger charge is -2.30. The minimum atomic E-state index is -1.10. The Kier molecular flexibility index (Phi) is 7.36. The molecular formula is C22H23N3O8. The number of nitrogens with zero attached hydrogens (tertiary/aromatic N) is 3. The number of imide groups is 1. The fourth-order valence-electron chi connectivity index (χ4n) is 3.51. The zero-order valence-electron chi connectivity index (χ0n) is 18.3. The van der Waals surface area contributed by atoms with Crippen LogP contribution in [0.4, 0.5) is 11.4 Å². The maximum absolute atomic E-state index is 13.3. The van der Waals surface area contributed by atoms with Gasteiger partial charge in [-0.15, -0.1) is 0 Å². The van der Waals surface area contributed by atoms with Gasteiger partial charge >= 0.3 is 0 Å². The molecule has 1 atom stereocenters. The lowest BCUT2D eigenvalue weighted by atomic mass is 10.1. The van der Waals surface area contributed by atoms with Crippen molar-refractivity contribution in [3.8, 4) is 5.75 Å². The van der Waals surface area contributed by atoms with Crippen LogP contribution >= 0.6 is 0 Å². The van der Waals surface area contributed by atoms with Gasteiger partial charge in [0.05, 0.1) is 30.7 Å². The van der Waals surface area contributed by atoms with Crippen molar-refractivity contribution in [1.82, 2.24) is 4.90 Å². The molecule has 3 rings (SSSR count). The van der Waals surface area contributed by atoms with Gasteiger partial charge in [0, 0.05) is 31.9 Å². The van der Waals surface area contributed by atoms with Gasteiger partial charge in [-0.1, -0.05) is 0 Å². The van der Waals surface area contributed by atoms with Crippen molar-refractivity contribution < 1.29 is 33.5 Å². The predicted molar refractivity (Wildman–Crippen MR) is 116 cm³/mol. The van der Waals surface area contributed by atoms with E-state index >= 15 is 0 Å². The first kappa shape index (κ1) is 23.8. The van der Waals surface area contributed by atoms with E-state index in [2.05, 4.69) is 0 Å². The highest BCUT2D eigenvalue weighted by Gasteiger charge is 2.45. The van der Waals surface area contributed by atoms with E-state index in [1.54, 1.807) is 24.3 Å². The van der Waals surface area contributed by atoms with Gasteiger partial charge in [0.1, 0.15) is 11.8 Å². The number of non-ortho nitro benzene ring substituents is 1. The van der Waals surface area contributed by atoms with E-state index < -0.39 is 35.0 Å². The number of carbonyl (C=O) groups is 3. The van der Waals surface area contributed by atoms with E-state index in [0.29, 0.717) is 11.4 Å². The molecule has 1 saturated heterocycles. The maximum atomic E-state index is 13.3. The molecule has 174 valence electrons. The summed E-state index contributed by atoms with van der Waals surface area (Å²) in [6.45, 7) is -0.136. The van der Waals surface area contributed by atoms with Crippen LogP contribution in [0.3, 0.4) is 0 Å². The van der Waals surface area contributed by atoms with Gasteiger partial charge in [0.2, 0.25) is 5.91 Å². The van der Waals surface area contributed by atoms with E-state index in [4.69, 9.17) is 14.2 Å². The highest BCUT2D eigenvalue weighted by atomic mass is 16.7. The summed E-state index contributed by atoms with van der Waals surface area (Å²) in [5, 5.41) is 10.9. The Balaban J connectivity index is 1.92. The maximum Gasteiger partial charge on any atom is 0.269 e. The Morgan fingerprint density at radius 3 is 2.21 bits per heavy atom. The highest BCUT2D eigenvalue weighted by Crippen LogP contribution is 2.28. The number of nitro groups is 1. The van der Waals surface area contributed by atoms with Crippen LogP contribution in [0.5, 0.6) is 5.75 Å². The van der Waals surface area contributed by atoms with E-state index in [1.807, 2.05) is 0 Å². The lowest BCUT2D eigenvalue weighted by molar-refractivity contribution is -0.384. The molecule has 1 heterocycles. The molecule has 11 heteroatoms. The Morgan fingerprint density at radius 2 is 1.70 bits per heavy atom. The molecule has 2 aromatic rings. The number of anilines is 1. The van der Waals surface area contributed by atoms with Crippen molar-refractivity contribution in [3.63, 3.8) is 0 Å². The Bertz CT molecular complexity index is 1030. The van der Waals surface area contributed by atoms with Crippen molar-refractivity contribution in [3.05, 3.63) is 64.2 Å². The van der Waals surface area contributed by atoms with Crippen LogP contribution in [0.15, 0.2) is 48.5 Å². The SMILES string of the molecule is COc1ccc(N2C(=O)CC(N(CC(OC)OC)C(=O)c3ccc([N+](=O)[O-])cc3)C2=O)cc1. The third-order valence-electron chi connectivity index (χ3n) is 5.29. The summed E-state index contributed by atoms with van der Waals surface area (Å²) >= 11 is 0. The molecule has 1 aliphatic heterocycles. The second-order valence-corrected chi connectivity index (χ2v) is 7.15. The fraction of sp³-hybridized carbons (Fsp3) is 0.318. The van der Waals surface area contributed by atoms with Crippen LogP contribution in [0.25, 0.3) is 0 Å². The standard InChI is InChI=1S/C22H23N3O8/c1-31-17-10-8-15(9-11-17)24-19(26)12-18(22(24)28)23(13-20(32-2)33-3)21(27)14-4-6-16(7-5-14)25(29)30/h4-11,18,20H,12-13H2,1-3H3. The molecule has 0 aromatic heterocycles. The molecule has 0 bridgehead atoms. The molecule has 11 nitrogen and oxygen atoms in total. The Morgan fingerprint density at radius 1 is 1.09 bits per heavy atom. The monoisotopic (exact) mass is 457 g/mol. The van der Waals surface area contributed by atoms with E-state index in [9.17, 15) is 24.5 Å². The molecule has 0 spiro atoms. The van der Waals surface area contributed by atoms with Crippen LogP contribution in [-0.4, -0.2) is 67.8 Å². The van der Waals surface area contributed by atoms with Gasteiger partial charge in [-0.05, 0) is 36.4 Å². The molecule has 0 N–H and O–H groups in total. The van der Waals surface area contributed by atoms with Crippen LogP contribution in [0, 0.1) is 10.1 Å². The molecular weight excluding hydrogens is 434 g/mol. The van der Waals surface area contributed by atoms with Gasteiger partial charge in [-0.2, -0.15) is 0 Å². The molecule has 1 aliphatic rings. The van der Waals surface area contributed by atoms with Crippen LogP contribution in [0.2, 0.25) is 0 Å². The quantitative estimate of drug-likeness (QED) is 0.242. The summed E-state index contributed by atoms with van der Waals surface area (Å²) in [6.07, 6.45) is -1.09. The van der Waals surface area contributed by atoms with Gasteiger partial charge in [-0.3, -0.25) is 24.5 Å². The first-order valence-electron chi connectivity index (χ1n) is 9.92. The fourth-order valence-corrected chi connectivity index (χ4v) is 3.51. The van der Waals surface area contributed by atoms with Crippen LogP contribution < -0.4 is 9.64 Å². The minimum absolute atomic E-state index is 0.120. The number of ether oxygens (including phenoxy) is 3. The molecule has 1 fully saturated rings. The Labute approximate surface area is 189 Å². The second-order valence-electron chi connectivity index (χ2n) is 7.15. The van der Waals surface area contributed by atoms with E-state index in [-0.39, 0.29) is 24.2 Å². The summed E-state index contributed by atoms with van der Waals surface area (Å²) in [5.41, 5.74) is 0.295. The molecule has 2 aromatic carbocycles. The Hall–Kier alpha value is -3.83. The van der Waals surface area contributed by atoms with Gasteiger partial charge < -0.3 is 19.1 Å². The van der Waals surface area contributed by atoms with Crippen molar-refractivity contribution >= 4 is 29.1 Å². The number of nitro benzene ring substituents is 1. The average molecular weight is 457 g/mol. The predicted octanol–water partition coefficient (Wildman–Crippen LogP) is 2.00. The summed E-state index contributed by atoms with van der Waals surface area (Å²) in [7, 11) is 4.27. The van der Waals surface area contributed by atoms with Gasteiger partial charge in [-0.25, -0.2) is 4.90 Å². The summed E-state index contributed by atoms with van der Waals surface area (Å²) in [6, 6.07) is 10.3. The largest absolute Gasteiger partial charge is 0.497 e. The van der Waals surface area contributed by atoms with Crippen LogP contribution in [-0.2, 0) is 19.1 Å². The molecule has 0 saturated carbocycles. The van der Waals surface area contributed by atoms with E-state index in [0.717, 1.165) is 4.90 Å². The number of amides is 3. The van der Waals surface area contributed by atoms with Crippen molar-refractivity contribution in [2.45, 2.75) is 18.8 Å². The summed E-state index contributed by atoms with van der Waals surface area (Å²) in [4.78, 5) is 51.9. The summed E-state index contributed by atoms with van der Waals surface area (Å²) in [5.74, 6) is -1.08. The second kappa shape index (κ2) is 10.2. The first-order chi connectivity index (χ1) is 15.8. The molecule has 0 radical (unpaired) electrons. The highest BCUT2D eigenvalue weighted by molar-refractivity contribution is 6.23. The first-order valence-corrected chi connectivity index (χ1v) is 9.92. The number of benzene rings is 2. The number of hydrogen-bond acceptors (Lipinski definition) is 8. The minimum Gasteiger partial charge on any atom is -0.497 e. The van der Waals surface area contributed by atoms with Crippen molar-refractivity contribution in [1.29, 1.82) is 0 Å².